The largest absolute Gasteiger partial charge is 0.463 e. The van der Waals surface area contributed by atoms with Crippen molar-refractivity contribution in [3.8, 4) is 0 Å². The zero-order chi connectivity index (χ0) is 42.9. The van der Waals surface area contributed by atoms with Crippen LogP contribution in [0.3, 0.4) is 0 Å². The third kappa shape index (κ3) is 14.9. The molecule has 328 valence electrons. The quantitative estimate of drug-likeness (QED) is 0.135. The number of cyclic esters (lactones) is 1. The predicted molar refractivity (Wildman–Crippen MR) is 212 cm³/mol. The number of hydrogen-bond donors (Lipinski definition) is 2. The highest BCUT2D eigenvalue weighted by molar-refractivity contribution is 5.88. The van der Waals surface area contributed by atoms with Gasteiger partial charge >= 0.3 is 23.9 Å². The Morgan fingerprint density at radius 2 is 1.56 bits per heavy atom. The first kappa shape index (κ1) is 47.7. The summed E-state index contributed by atoms with van der Waals surface area (Å²) in [7, 11) is 0. The third-order valence-electron chi connectivity index (χ3n) is 10.6. The number of hydrogen-bond acceptors (Lipinski definition) is 15. The number of ether oxygens (including phenoxy) is 8. The van der Waals surface area contributed by atoms with Crippen LogP contribution >= 0.6 is 0 Å². The molecule has 3 saturated heterocycles. The number of carbonyl (C=O) groups excluding carboxylic acids is 5. The molecule has 1 aromatic carbocycles. The molecule has 0 unspecified atom stereocenters. The third-order valence-corrected chi connectivity index (χ3v) is 10.6. The van der Waals surface area contributed by atoms with Crippen LogP contribution in [0.5, 0.6) is 0 Å². The Kier molecular flexibility index (Phi) is 19.6. The van der Waals surface area contributed by atoms with E-state index in [0.29, 0.717) is 31.2 Å². The van der Waals surface area contributed by atoms with Gasteiger partial charge in [0.25, 0.3) is 0 Å². The number of Topliss-reactive ketones (excluding diaryl/α,β-unsaturated/α-hetero) is 1. The number of fused-ring (bicyclic) bond motifs is 3. The molecule has 15 heteroatoms. The zero-order valence-corrected chi connectivity index (χ0v) is 34.9. The van der Waals surface area contributed by atoms with Crippen molar-refractivity contribution in [2.24, 2.45) is 0 Å². The van der Waals surface area contributed by atoms with E-state index in [4.69, 9.17) is 37.9 Å². The van der Waals surface area contributed by atoms with Gasteiger partial charge in [0.05, 0.1) is 18.6 Å². The van der Waals surface area contributed by atoms with Crippen LogP contribution in [0.1, 0.15) is 117 Å². The molecule has 11 atom stereocenters. The molecule has 3 aliphatic heterocycles. The van der Waals surface area contributed by atoms with Crippen LogP contribution in [0.25, 0.3) is 6.08 Å². The van der Waals surface area contributed by atoms with E-state index in [9.17, 15) is 34.2 Å². The van der Waals surface area contributed by atoms with Crippen molar-refractivity contribution in [1.29, 1.82) is 0 Å². The van der Waals surface area contributed by atoms with E-state index in [1.54, 1.807) is 38.1 Å². The summed E-state index contributed by atoms with van der Waals surface area (Å²) in [5.41, 5.74) is 0.863. The van der Waals surface area contributed by atoms with Gasteiger partial charge in [-0.25, -0.2) is 9.59 Å². The molecule has 3 fully saturated rings. The van der Waals surface area contributed by atoms with Gasteiger partial charge in [-0.2, -0.15) is 0 Å². The number of esters is 4. The van der Waals surface area contributed by atoms with E-state index in [0.717, 1.165) is 44.6 Å². The summed E-state index contributed by atoms with van der Waals surface area (Å²) in [5.74, 6) is -3.23. The predicted octanol–water partition coefficient (Wildman–Crippen LogP) is 5.21. The van der Waals surface area contributed by atoms with Gasteiger partial charge in [0.15, 0.2) is 30.9 Å². The molecule has 15 nitrogen and oxygen atoms in total. The molecule has 0 spiro atoms. The summed E-state index contributed by atoms with van der Waals surface area (Å²) in [4.78, 5) is 64.5. The van der Waals surface area contributed by atoms with Gasteiger partial charge in [0.2, 0.25) is 0 Å². The zero-order valence-electron chi connectivity index (χ0n) is 34.9. The van der Waals surface area contributed by atoms with Crippen molar-refractivity contribution in [3.63, 3.8) is 0 Å². The molecule has 0 aromatic heterocycles. The van der Waals surface area contributed by atoms with Crippen LogP contribution in [0.2, 0.25) is 0 Å². The molecule has 2 N–H and O–H groups in total. The van der Waals surface area contributed by atoms with Crippen LogP contribution < -0.4 is 0 Å². The van der Waals surface area contributed by atoms with Gasteiger partial charge < -0.3 is 48.1 Å². The SMILES string of the molecule is C/C=C(\C)C(=O)O[C@@H]1[C@@H](O)[C@@H]2O[C@H]3[C@H](O[C@@H](CCCCC)CCCCCCC(=O)CCC(=O)OC[C@@H](O2)[C@H]1OC(=O)/C=C/c1ccccc1)O[C@H](C)[C@H](OC(C)=O)[C@@H]3O. The van der Waals surface area contributed by atoms with Gasteiger partial charge in [-0.1, -0.05) is 81.9 Å². The number of unbranched alkanes of at least 4 members (excludes halogenated alkanes) is 2. The van der Waals surface area contributed by atoms with Gasteiger partial charge in [-0.3, -0.25) is 14.4 Å². The molecule has 0 radical (unpaired) electrons. The van der Waals surface area contributed by atoms with Gasteiger partial charge in [0.1, 0.15) is 36.8 Å². The van der Waals surface area contributed by atoms with E-state index in [1.165, 1.54) is 26.0 Å². The fourth-order valence-corrected chi connectivity index (χ4v) is 7.17. The van der Waals surface area contributed by atoms with Crippen LogP contribution in [0, 0.1) is 0 Å². The van der Waals surface area contributed by atoms with Gasteiger partial charge in [-0.15, -0.1) is 0 Å². The summed E-state index contributed by atoms with van der Waals surface area (Å²) in [6, 6.07) is 8.92. The van der Waals surface area contributed by atoms with Gasteiger partial charge in [0, 0.05) is 31.4 Å². The second-order valence-corrected chi connectivity index (χ2v) is 15.3. The topological polar surface area (TPSA) is 200 Å². The average molecular weight is 831 g/mol. The van der Waals surface area contributed by atoms with Crippen molar-refractivity contribution in [3.05, 3.63) is 53.6 Å². The van der Waals surface area contributed by atoms with E-state index < -0.39 is 91.9 Å². The fraction of sp³-hybridized carbons (Fsp3) is 0.659. The minimum absolute atomic E-state index is 0.0312. The van der Waals surface area contributed by atoms with Crippen LogP contribution in [0.4, 0.5) is 0 Å². The standard InChI is InChI=1S/C44H62O15/c1-6-8-12-20-32-21-16-10-9-15-19-31(46)23-25-34(47)52-26-33-39(57-35(48)24-22-30-17-13-11-14-18-30)40(58-42(51)27(3)7-2)37(50)43(56-33)59-41-36(49)38(54-29(5)45)28(4)53-44(41)55-32/h7,11,13-14,17-18,22,24,28,32-33,36-41,43-44,49-50H,6,8-10,12,15-16,19-21,23,25-26H2,1-5H3/b24-22+,27-7+/t28-,32+,33-,36+,37-,38+,39-,40-,41-,43+,44+/m1/s1. The summed E-state index contributed by atoms with van der Waals surface area (Å²) < 4.78 is 48.0. The Hall–Kier alpha value is -3.99. The molecular weight excluding hydrogens is 768 g/mol. The summed E-state index contributed by atoms with van der Waals surface area (Å²) >= 11 is 0. The van der Waals surface area contributed by atoms with E-state index in [1.807, 2.05) is 6.07 Å². The maximum absolute atomic E-state index is 13.3. The summed E-state index contributed by atoms with van der Waals surface area (Å²) in [6.07, 6.45) is -3.43. The second kappa shape index (κ2) is 24.3. The first-order valence-electron chi connectivity index (χ1n) is 20.9. The Balaban J connectivity index is 1.74. The lowest BCUT2D eigenvalue weighted by Crippen LogP contribution is -2.65. The molecule has 59 heavy (non-hydrogen) atoms. The monoisotopic (exact) mass is 830 g/mol. The first-order chi connectivity index (χ1) is 28.3. The van der Waals surface area contributed by atoms with Crippen LogP contribution in [0.15, 0.2) is 48.1 Å². The highest BCUT2D eigenvalue weighted by atomic mass is 16.8. The smallest absolute Gasteiger partial charge is 0.333 e. The Bertz CT molecular complexity index is 1580. The van der Waals surface area contributed by atoms with E-state index in [-0.39, 0.29) is 30.3 Å². The minimum Gasteiger partial charge on any atom is -0.463 e. The highest BCUT2D eigenvalue weighted by Crippen LogP contribution is 2.34. The summed E-state index contributed by atoms with van der Waals surface area (Å²) in [6.45, 7) is 7.45. The maximum Gasteiger partial charge on any atom is 0.333 e. The molecule has 3 heterocycles. The second-order valence-electron chi connectivity index (χ2n) is 15.3. The van der Waals surface area contributed by atoms with E-state index in [2.05, 4.69) is 6.92 Å². The fourth-order valence-electron chi connectivity index (χ4n) is 7.17. The lowest BCUT2D eigenvalue weighted by Gasteiger charge is -2.47. The molecule has 3 aliphatic rings. The Morgan fingerprint density at radius 1 is 0.814 bits per heavy atom. The average Bonchev–Trinajstić information content (AvgIpc) is 3.21. The molecular formula is C44H62O15. The lowest BCUT2D eigenvalue weighted by molar-refractivity contribution is -0.369. The number of benzene rings is 1. The number of ketones is 1. The number of aliphatic hydroxyl groups is 2. The Labute approximate surface area is 346 Å². The van der Waals surface area contributed by atoms with Crippen LogP contribution in [-0.4, -0.2) is 114 Å². The number of aliphatic hydroxyl groups excluding tert-OH is 2. The number of carbonyl (C=O) groups is 5. The molecule has 0 aliphatic carbocycles. The highest BCUT2D eigenvalue weighted by Gasteiger charge is 2.55. The molecule has 4 rings (SSSR count). The summed E-state index contributed by atoms with van der Waals surface area (Å²) in [5, 5.41) is 23.8. The van der Waals surface area contributed by atoms with Crippen molar-refractivity contribution < 1.29 is 72.1 Å². The number of allylic oxidation sites excluding steroid dienone is 1. The minimum atomic E-state index is -1.87. The molecule has 1 aromatic rings. The first-order valence-corrected chi connectivity index (χ1v) is 20.9. The van der Waals surface area contributed by atoms with Crippen molar-refractivity contribution in [2.45, 2.75) is 179 Å². The number of rotatable bonds is 10. The van der Waals surface area contributed by atoms with E-state index >= 15 is 0 Å². The maximum atomic E-state index is 13.3. The van der Waals surface area contributed by atoms with Crippen molar-refractivity contribution >= 4 is 35.7 Å². The van der Waals surface area contributed by atoms with Crippen molar-refractivity contribution in [1.82, 2.24) is 0 Å². The molecule has 0 amide bonds. The molecule has 2 bridgehead atoms. The normalized spacial score (nSPS) is 32.0. The van der Waals surface area contributed by atoms with Gasteiger partial charge in [-0.05, 0) is 51.7 Å². The molecule has 0 saturated carbocycles. The van der Waals surface area contributed by atoms with Crippen LogP contribution in [-0.2, 0) is 61.9 Å². The lowest BCUT2D eigenvalue weighted by atomic mass is 9.96. The Morgan fingerprint density at radius 3 is 2.27 bits per heavy atom. The van der Waals surface area contributed by atoms with Crippen molar-refractivity contribution in [2.75, 3.05) is 6.61 Å².